The molecule has 0 spiro atoms. The lowest BCUT2D eigenvalue weighted by Crippen LogP contribution is -2.34. The van der Waals surface area contributed by atoms with Crippen molar-refractivity contribution >= 4 is 23.5 Å². The molecule has 1 aliphatic heterocycles. The predicted octanol–water partition coefficient (Wildman–Crippen LogP) is 1.62. The minimum absolute atomic E-state index is 0.00838. The molecule has 4 unspecified atom stereocenters. The molecule has 3 N–H and O–H groups in total. The molecular formula is C20H24N4O3. The molecule has 7 nitrogen and oxygen atoms in total. The van der Waals surface area contributed by atoms with E-state index in [1.165, 1.54) is 4.90 Å². The van der Waals surface area contributed by atoms with Gasteiger partial charge in [0, 0.05) is 13.1 Å². The molecule has 1 saturated carbocycles. The molecule has 1 aromatic rings. The lowest BCUT2D eigenvalue weighted by molar-refractivity contribution is -0.140. The molecule has 3 aliphatic rings. The van der Waals surface area contributed by atoms with Gasteiger partial charge in [-0.3, -0.25) is 19.5 Å². The maximum absolute atomic E-state index is 12.6. The molecule has 7 heteroatoms. The van der Waals surface area contributed by atoms with Gasteiger partial charge in [0.1, 0.15) is 5.75 Å². The van der Waals surface area contributed by atoms with Gasteiger partial charge in [-0.25, -0.2) is 0 Å². The van der Waals surface area contributed by atoms with E-state index in [9.17, 15) is 9.59 Å². The largest absolute Gasteiger partial charge is 0.495 e. The van der Waals surface area contributed by atoms with Crippen molar-refractivity contribution in [2.45, 2.75) is 12.8 Å². The number of methoxy groups -OCH3 is 1. The van der Waals surface area contributed by atoms with Crippen molar-refractivity contribution in [3.8, 4) is 5.75 Å². The first kappa shape index (κ1) is 17.6. The highest BCUT2D eigenvalue weighted by atomic mass is 16.5. The number of ether oxygens (including phenoxy) is 1. The van der Waals surface area contributed by atoms with Crippen LogP contribution in [0.2, 0.25) is 0 Å². The summed E-state index contributed by atoms with van der Waals surface area (Å²) in [6.45, 7) is 0.834. The van der Waals surface area contributed by atoms with Crippen LogP contribution in [-0.4, -0.2) is 42.9 Å². The number of para-hydroxylation sites is 2. The number of carbonyl (C=O) groups is 2. The zero-order chi connectivity index (χ0) is 19.0. The number of fused-ring (bicyclic) bond motifs is 5. The van der Waals surface area contributed by atoms with E-state index >= 15 is 0 Å². The van der Waals surface area contributed by atoms with Crippen LogP contribution in [0.25, 0.3) is 0 Å². The van der Waals surface area contributed by atoms with Crippen LogP contribution in [0.15, 0.2) is 41.4 Å². The molecule has 2 aliphatic carbocycles. The summed E-state index contributed by atoms with van der Waals surface area (Å²) in [7, 11) is 1.59. The molecule has 2 fully saturated rings. The Morgan fingerprint density at radius 1 is 1.22 bits per heavy atom. The summed E-state index contributed by atoms with van der Waals surface area (Å²) in [5.41, 5.74) is 6.66. The number of hydrogen-bond acceptors (Lipinski definition) is 4. The molecule has 2 amide bonds. The number of imide groups is 1. The number of guanidine groups is 1. The van der Waals surface area contributed by atoms with E-state index in [0.29, 0.717) is 25.3 Å². The molecule has 2 bridgehead atoms. The first-order valence-electron chi connectivity index (χ1n) is 9.33. The molecule has 4 atom stereocenters. The molecule has 1 aromatic carbocycles. The van der Waals surface area contributed by atoms with E-state index in [4.69, 9.17) is 10.5 Å². The molecule has 142 valence electrons. The Bertz CT molecular complexity index is 789. The maximum Gasteiger partial charge on any atom is 0.233 e. The van der Waals surface area contributed by atoms with Crippen LogP contribution >= 0.6 is 0 Å². The second kappa shape index (κ2) is 7.06. The van der Waals surface area contributed by atoms with E-state index in [-0.39, 0.29) is 41.4 Å². The van der Waals surface area contributed by atoms with Crippen LogP contribution < -0.4 is 15.8 Å². The van der Waals surface area contributed by atoms with Crippen molar-refractivity contribution in [1.29, 1.82) is 0 Å². The Morgan fingerprint density at radius 2 is 1.89 bits per heavy atom. The van der Waals surface area contributed by atoms with Crippen LogP contribution in [0.5, 0.6) is 5.75 Å². The van der Waals surface area contributed by atoms with Gasteiger partial charge >= 0.3 is 0 Å². The van der Waals surface area contributed by atoms with E-state index < -0.39 is 0 Å². The van der Waals surface area contributed by atoms with Crippen LogP contribution in [-0.2, 0) is 9.59 Å². The number of nitrogens with zero attached hydrogens (tertiary/aromatic N) is 2. The quantitative estimate of drug-likeness (QED) is 0.261. The highest BCUT2D eigenvalue weighted by Gasteiger charge is 2.58. The molecule has 0 aromatic heterocycles. The van der Waals surface area contributed by atoms with Crippen molar-refractivity contribution in [1.82, 2.24) is 4.90 Å². The zero-order valence-corrected chi connectivity index (χ0v) is 15.3. The third kappa shape index (κ3) is 3.07. The van der Waals surface area contributed by atoms with Crippen molar-refractivity contribution < 1.29 is 14.3 Å². The van der Waals surface area contributed by atoms with E-state index in [1.807, 2.05) is 24.3 Å². The number of nitrogens with two attached hydrogens (primary N) is 1. The second-order valence-electron chi connectivity index (χ2n) is 7.27. The lowest BCUT2D eigenvalue weighted by atomic mass is 9.85. The number of amides is 2. The molecule has 1 heterocycles. The molecule has 27 heavy (non-hydrogen) atoms. The normalized spacial score (nSPS) is 28.8. The van der Waals surface area contributed by atoms with Crippen LogP contribution in [0.1, 0.15) is 12.8 Å². The smallest absolute Gasteiger partial charge is 0.233 e. The number of nitrogens with one attached hydrogen (secondary N) is 1. The van der Waals surface area contributed by atoms with Gasteiger partial charge in [-0.15, -0.1) is 0 Å². The van der Waals surface area contributed by atoms with Gasteiger partial charge in [-0.1, -0.05) is 24.3 Å². The van der Waals surface area contributed by atoms with E-state index in [1.54, 1.807) is 7.11 Å². The topological polar surface area (TPSA) is 97.0 Å². The van der Waals surface area contributed by atoms with Crippen molar-refractivity contribution in [3.63, 3.8) is 0 Å². The summed E-state index contributed by atoms with van der Waals surface area (Å²) >= 11 is 0. The summed E-state index contributed by atoms with van der Waals surface area (Å²) in [6, 6.07) is 7.43. The first-order valence-corrected chi connectivity index (χ1v) is 9.33. The first-order chi connectivity index (χ1) is 13.1. The average molecular weight is 368 g/mol. The third-order valence-electron chi connectivity index (χ3n) is 5.75. The number of benzene rings is 1. The standard InChI is InChI=1S/C20H24N4O3/c1-27-15-6-3-2-5-14(15)23-20(21)22-9-4-10-24-18(25)16-12-7-8-13(11-12)17(16)19(24)26/h2-3,5-8,12-13,16-17H,4,9-11H2,1H3,(H3,21,22,23). The van der Waals surface area contributed by atoms with Crippen molar-refractivity contribution in [3.05, 3.63) is 36.4 Å². The molecular weight excluding hydrogens is 344 g/mol. The summed E-state index contributed by atoms with van der Waals surface area (Å²) in [6.07, 6.45) is 5.76. The van der Waals surface area contributed by atoms with Gasteiger partial charge in [0.2, 0.25) is 11.8 Å². The van der Waals surface area contributed by atoms with E-state index in [2.05, 4.69) is 22.5 Å². The molecule has 4 rings (SSSR count). The number of allylic oxidation sites excluding steroid dienone is 2. The van der Waals surface area contributed by atoms with Crippen molar-refractivity contribution in [2.75, 3.05) is 25.5 Å². The minimum Gasteiger partial charge on any atom is -0.495 e. The minimum atomic E-state index is -0.131. The second-order valence-corrected chi connectivity index (χ2v) is 7.27. The van der Waals surface area contributed by atoms with Gasteiger partial charge in [-0.05, 0) is 36.8 Å². The van der Waals surface area contributed by atoms with E-state index in [0.717, 1.165) is 12.1 Å². The van der Waals surface area contributed by atoms with Crippen molar-refractivity contribution in [2.24, 2.45) is 34.4 Å². The summed E-state index contributed by atoms with van der Waals surface area (Å²) in [4.78, 5) is 30.9. The number of aliphatic imine (C=N–C) groups is 1. The van der Waals surface area contributed by atoms with Gasteiger partial charge in [-0.2, -0.15) is 0 Å². The van der Waals surface area contributed by atoms with Crippen LogP contribution in [0.4, 0.5) is 5.69 Å². The third-order valence-corrected chi connectivity index (χ3v) is 5.75. The predicted molar refractivity (Wildman–Crippen MR) is 102 cm³/mol. The SMILES string of the molecule is COc1ccccc1NC(N)=NCCCN1C(=O)C2C3C=CC(C3)C2C1=O. The molecule has 0 radical (unpaired) electrons. The monoisotopic (exact) mass is 368 g/mol. The van der Waals surface area contributed by atoms with Gasteiger partial charge in [0.25, 0.3) is 0 Å². The number of rotatable bonds is 6. The lowest BCUT2D eigenvalue weighted by Gasteiger charge is -2.16. The number of hydrogen-bond donors (Lipinski definition) is 2. The Balaban J connectivity index is 1.29. The van der Waals surface area contributed by atoms with Gasteiger partial charge in [0.15, 0.2) is 5.96 Å². The number of carbonyl (C=O) groups excluding carboxylic acids is 2. The summed E-state index contributed by atoms with van der Waals surface area (Å²) in [5.74, 6) is 1.18. The van der Waals surface area contributed by atoms with Gasteiger partial charge < -0.3 is 15.8 Å². The number of likely N-dealkylation sites (tertiary alicyclic amines) is 1. The Kier molecular flexibility index (Phi) is 4.59. The summed E-state index contributed by atoms with van der Waals surface area (Å²) < 4.78 is 5.26. The maximum atomic E-state index is 12.6. The van der Waals surface area contributed by atoms with Gasteiger partial charge in [0.05, 0.1) is 24.6 Å². The fraction of sp³-hybridized carbons (Fsp3) is 0.450. The summed E-state index contributed by atoms with van der Waals surface area (Å²) in [5, 5.41) is 3.01. The Morgan fingerprint density at radius 3 is 2.56 bits per heavy atom. The highest BCUT2D eigenvalue weighted by Crippen LogP contribution is 2.52. The fourth-order valence-corrected chi connectivity index (χ4v) is 4.54. The zero-order valence-electron chi connectivity index (χ0n) is 15.3. The van der Waals surface area contributed by atoms with Crippen LogP contribution in [0, 0.1) is 23.7 Å². The average Bonchev–Trinajstić information content (AvgIpc) is 3.34. The van der Waals surface area contributed by atoms with Crippen LogP contribution in [0.3, 0.4) is 0 Å². The Hall–Kier alpha value is -2.83. The number of anilines is 1. The molecule has 1 saturated heterocycles. The fourth-order valence-electron chi connectivity index (χ4n) is 4.54. The highest BCUT2D eigenvalue weighted by molar-refractivity contribution is 6.06. The Labute approximate surface area is 158 Å².